The molecule has 3 unspecified atom stereocenters. The van der Waals surface area contributed by atoms with Gasteiger partial charge < -0.3 is 32.5 Å². The number of thiol groups is 1. The highest BCUT2D eigenvalue weighted by molar-refractivity contribution is 7.98. The number of carbonyl (C=O) groups excluding carboxylic acids is 3. The van der Waals surface area contributed by atoms with E-state index in [2.05, 4.69) is 28.6 Å². The molecular formula is C16H31N5O5S2. The lowest BCUT2D eigenvalue weighted by atomic mass is 10.1. The Morgan fingerprint density at radius 3 is 2.07 bits per heavy atom. The van der Waals surface area contributed by atoms with Crippen molar-refractivity contribution in [3.8, 4) is 0 Å². The van der Waals surface area contributed by atoms with Crippen LogP contribution in [0.15, 0.2) is 0 Å². The van der Waals surface area contributed by atoms with E-state index >= 15 is 0 Å². The SMILES string of the molecule is CSCCC(NC(=O)C(CS)NC(=O)C(CCCCN)NC(=O)CN)C(=O)O. The minimum atomic E-state index is -1.15. The molecule has 0 bridgehead atoms. The second-order valence-corrected chi connectivity index (χ2v) is 7.38. The van der Waals surface area contributed by atoms with Gasteiger partial charge in [0.2, 0.25) is 17.7 Å². The Labute approximate surface area is 174 Å². The molecule has 0 aromatic heterocycles. The van der Waals surface area contributed by atoms with Crippen LogP contribution < -0.4 is 27.4 Å². The topological polar surface area (TPSA) is 177 Å². The molecule has 0 saturated carbocycles. The summed E-state index contributed by atoms with van der Waals surface area (Å²) >= 11 is 5.53. The number of unbranched alkanes of at least 4 members (excludes halogenated alkanes) is 1. The van der Waals surface area contributed by atoms with Gasteiger partial charge >= 0.3 is 5.97 Å². The highest BCUT2D eigenvalue weighted by atomic mass is 32.2. The number of rotatable bonds is 15. The fraction of sp³-hybridized carbons (Fsp3) is 0.750. The van der Waals surface area contributed by atoms with Gasteiger partial charge in [0.15, 0.2) is 0 Å². The number of nitrogens with one attached hydrogen (secondary N) is 3. The Morgan fingerprint density at radius 1 is 0.964 bits per heavy atom. The van der Waals surface area contributed by atoms with Crippen molar-refractivity contribution >= 4 is 48.1 Å². The first-order valence-corrected chi connectivity index (χ1v) is 11.0. The number of hydrogen-bond donors (Lipinski definition) is 7. The van der Waals surface area contributed by atoms with E-state index in [0.717, 1.165) is 0 Å². The Kier molecular flexibility index (Phi) is 14.6. The predicted molar refractivity (Wildman–Crippen MR) is 112 cm³/mol. The highest BCUT2D eigenvalue weighted by Crippen LogP contribution is 2.04. The van der Waals surface area contributed by atoms with Crippen LogP contribution in [0.1, 0.15) is 25.7 Å². The fourth-order valence-corrected chi connectivity index (χ4v) is 2.98. The number of thioether (sulfide) groups is 1. The Hall–Kier alpha value is -1.50. The van der Waals surface area contributed by atoms with Crippen molar-refractivity contribution in [2.45, 2.75) is 43.8 Å². The number of carbonyl (C=O) groups is 4. The zero-order valence-electron chi connectivity index (χ0n) is 16.0. The van der Waals surface area contributed by atoms with E-state index in [1.807, 2.05) is 6.26 Å². The summed E-state index contributed by atoms with van der Waals surface area (Å²) < 4.78 is 0. The molecule has 3 atom stereocenters. The minimum absolute atomic E-state index is 0.0349. The summed E-state index contributed by atoms with van der Waals surface area (Å²) in [6, 6.07) is -2.97. The van der Waals surface area contributed by atoms with E-state index < -0.39 is 41.8 Å². The molecule has 8 N–H and O–H groups in total. The Bertz CT molecular complexity index is 524. The lowest BCUT2D eigenvalue weighted by Gasteiger charge is -2.23. The van der Waals surface area contributed by atoms with Crippen LogP contribution in [0.25, 0.3) is 0 Å². The zero-order chi connectivity index (χ0) is 21.5. The van der Waals surface area contributed by atoms with Gasteiger partial charge in [0, 0.05) is 5.75 Å². The molecular weight excluding hydrogens is 406 g/mol. The lowest BCUT2D eigenvalue weighted by molar-refractivity contribution is -0.142. The Morgan fingerprint density at radius 2 is 1.57 bits per heavy atom. The lowest BCUT2D eigenvalue weighted by Crippen LogP contribution is -2.56. The third-order valence-corrected chi connectivity index (χ3v) is 4.83. The van der Waals surface area contributed by atoms with Crippen molar-refractivity contribution in [2.24, 2.45) is 11.5 Å². The van der Waals surface area contributed by atoms with Crippen LogP contribution in [0.3, 0.4) is 0 Å². The van der Waals surface area contributed by atoms with E-state index in [4.69, 9.17) is 11.5 Å². The van der Waals surface area contributed by atoms with Gasteiger partial charge in [0.1, 0.15) is 18.1 Å². The van der Waals surface area contributed by atoms with Gasteiger partial charge in [-0.05, 0) is 44.2 Å². The van der Waals surface area contributed by atoms with Gasteiger partial charge in [-0.1, -0.05) is 0 Å². The van der Waals surface area contributed by atoms with Crippen LogP contribution in [0.4, 0.5) is 0 Å². The fourth-order valence-electron chi connectivity index (χ4n) is 2.25. The first-order valence-electron chi connectivity index (χ1n) is 8.93. The monoisotopic (exact) mass is 437 g/mol. The van der Waals surface area contributed by atoms with E-state index in [0.29, 0.717) is 31.6 Å². The van der Waals surface area contributed by atoms with Gasteiger partial charge in [-0.15, -0.1) is 0 Å². The molecule has 0 heterocycles. The number of hydrogen-bond acceptors (Lipinski definition) is 8. The standard InChI is InChI=1S/C16H31N5O5S2/c1-28-7-5-11(16(25)26)20-15(24)12(9-27)21-14(23)10(4-2-3-6-17)19-13(22)8-18/h10-12,27H,2-9,17-18H2,1H3,(H,19,22)(H,20,24)(H,21,23)(H,25,26). The summed E-state index contributed by atoms with van der Waals surface area (Å²) in [6.07, 6.45) is 3.70. The van der Waals surface area contributed by atoms with Crippen LogP contribution in [0.2, 0.25) is 0 Å². The summed E-state index contributed by atoms with van der Waals surface area (Å²) in [7, 11) is 0. The molecule has 0 spiro atoms. The van der Waals surface area contributed by atoms with Gasteiger partial charge in [0.05, 0.1) is 6.54 Å². The quantitative estimate of drug-likeness (QED) is 0.117. The van der Waals surface area contributed by atoms with Crippen LogP contribution in [0.5, 0.6) is 0 Å². The van der Waals surface area contributed by atoms with Crippen LogP contribution in [-0.4, -0.2) is 77.8 Å². The smallest absolute Gasteiger partial charge is 0.326 e. The maximum absolute atomic E-state index is 12.5. The maximum atomic E-state index is 12.5. The van der Waals surface area contributed by atoms with Crippen molar-refractivity contribution in [3.63, 3.8) is 0 Å². The molecule has 162 valence electrons. The summed E-state index contributed by atoms with van der Waals surface area (Å²) in [5.74, 6) is -2.34. The molecule has 28 heavy (non-hydrogen) atoms. The molecule has 0 saturated heterocycles. The van der Waals surface area contributed by atoms with Crippen molar-refractivity contribution in [3.05, 3.63) is 0 Å². The highest BCUT2D eigenvalue weighted by Gasteiger charge is 2.28. The molecule has 0 aromatic rings. The average molecular weight is 438 g/mol. The van der Waals surface area contributed by atoms with Crippen molar-refractivity contribution in [1.82, 2.24) is 16.0 Å². The van der Waals surface area contributed by atoms with Crippen molar-refractivity contribution < 1.29 is 24.3 Å². The van der Waals surface area contributed by atoms with Gasteiger partial charge in [-0.25, -0.2) is 4.79 Å². The van der Waals surface area contributed by atoms with Crippen LogP contribution in [0, 0.1) is 0 Å². The van der Waals surface area contributed by atoms with Crippen molar-refractivity contribution in [2.75, 3.05) is 30.9 Å². The number of nitrogens with two attached hydrogens (primary N) is 2. The van der Waals surface area contributed by atoms with E-state index in [1.54, 1.807) is 0 Å². The second-order valence-electron chi connectivity index (χ2n) is 6.03. The van der Waals surface area contributed by atoms with Gasteiger partial charge in [-0.2, -0.15) is 24.4 Å². The first kappa shape index (κ1) is 26.5. The van der Waals surface area contributed by atoms with Crippen molar-refractivity contribution in [1.29, 1.82) is 0 Å². The molecule has 3 amide bonds. The van der Waals surface area contributed by atoms with E-state index in [-0.39, 0.29) is 18.7 Å². The number of carboxylic acids is 1. The van der Waals surface area contributed by atoms with Gasteiger partial charge in [0.25, 0.3) is 0 Å². The molecule has 0 aliphatic carbocycles. The molecule has 0 aliphatic rings. The normalized spacial score (nSPS) is 13.9. The zero-order valence-corrected chi connectivity index (χ0v) is 17.7. The van der Waals surface area contributed by atoms with E-state index in [9.17, 15) is 24.3 Å². The second kappa shape index (κ2) is 15.4. The maximum Gasteiger partial charge on any atom is 0.326 e. The summed E-state index contributed by atoms with van der Waals surface area (Å²) in [4.78, 5) is 47.8. The molecule has 10 nitrogen and oxygen atoms in total. The average Bonchev–Trinajstić information content (AvgIpc) is 2.67. The number of aliphatic carboxylic acids is 1. The number of carboxylic acid groups (broad SMARTS) is 1. The molecule has 0 aromatic carbocycles. The minimum Gasteiger partial charge on any atom is -0.480 e. The summed E-state index contributed by atoms with van der Waals surface area (Å²) in [5.41, 5.74) is 10.7. The van der Waals surface area contributed by atoms with Crippen LogP contribution in [-0.2, 0) is 19.2 Å². The third-order valence-electron chi connectivity index (χ3n) is 3.82. The Balaban J connectivity index is 4.98. The van der Waals surface area contributed by atoms with E-state index in [1.165, 1.54) is 11.8 Å². The molecule has 0 aliphatic heterocycles. The summed E-state index contributed by atoms with van der Waals surface area (Å²) in [5, 5.41) is 16.7. The molecule has 12 heteroatoms. The number of amides is 3. The molecule has 0 radical (unpaired) electrons. The largest absolute Gasteiger partial charge is 0.480 e. The molecule has 0 rings (SSSR count). The summed E-state index contributed by atoms with van der Waals surface area (Å²) in [6.45, 7) is 0.181. The molecule has 0 fully saturated rings. The first-order chi connectivity index (χ1) is 13.3. The van der Waals surface area contributed by atoms with Gasteiger partial charge in [-0.3, -0.25) is 14.4 Å². The van der Waals surface area contributed by atoms with Crippen LogP contribution >= 0.6 is 24.4 Å². The third kappa shape index (κ3) is 10.7. The predicted octanol–water partition coefficient (Wildman–Crippen LogP) is -1.70.